The van der Waals surface area contributed by atoms with Crippen molar-refractivity contribution >= 4 is 11.0 Å². The van der Waals surface area contributed by atoms with Crippen molar-refractivity contribution < 1.29 is 5.11 Å². The standard InChI is InChI=1S/C10H13N3O/c1-6(14)9(11)8-4-7-2-3-12-10(7)13-5-8/h2-6,9,14H,11H2,1H3,(H,12,13)/t6-,9-/m1/s1. The first-order chi connectivity index (χ1) is 6.68. The lowest BCUT2D eigenvalue weighted by atomic mass is 10.1. The molecule has 2 aromatic heterocycles. The molecule has 2 atom stereocenters. The molecule has 0 unspecified atom stereocenters. The van der Waals surface area contributed by atoms with Gasteiger partial charge < -0.3 is 15.8 Å². The van der Waals surface area contributed by atoms with Crippen molar-refractivity contribution in [3.05, 3.63) is 30.1 Å². The molecule has 0 aliphatic heterocycles. The summed E-state index contributed by atoms with van der Waals surface area (Å²) in [5.41, 5.74) is 7.49. The Morgan fingerprint density at radius 3 is 3.07 bits per heavy atom. The van der Waals surface area contributed by atoms with Crippen LogP contribution < -0.4 is 5.73 Å². The molecular weight excluding hydrogens is 178 g/mol. The summed E-state index contributed by atoms with van der Waals surface area (Å²) >= 11 is 0. The van der Waals surface area contributed by atoms with Crippen molar-refractivity contribution in [3.63, 3.8) is 0 Å². The van der Waals surface area contributed by atoms with Gasteiger partial charge in [0.2, 0.25) is 0 Å². The van der Waals surface area contributed by atoms with E-state index in [-0.39, 0.29) is 6.04 Å². The number of nitrogens with one attached hydrogen (secondary N) is 1. The number of aromatic nitrogens is 2. The number of nitrogens with two attached hydrogens (primary N) is 1. The molecule has 0 aliphatic rings. The predicted molar refractivity (Wildman–Crippen MR) is 54.7 cm³/mol. The maximum absolute atomic E-state index is 9.34. The predicted octanol–water partition coefficient (Wildman–Crippen LogP) is 0.944. The maximum atomic E-state index is 9.34. The van der Waals surface area contributed by atoms with Crippen LogP contribution in [0.25, 0.3) is 11.0 Å². The first-order valence-corrected chi connectivity index (χ1v) is 4.55. The number of nitrogens with zero attached hydrogens (tertiary/aromatic N) is 1. The largest absolute Gasteiger partial charge is 0.391 e. The molecule has 2 heterocycles. The maximum Gasteiger partial charge on any atom is 0.137 e. The average Bonchev–Trinajstić information content (AvgIpc) is 2.62. The second-order valence-corrected chi connectivity index (χ2v) is 3.45. The molecule has 74 valence electrons. The van der Waals surface area contributed by atoms with Gasteiger partial charge in [-0.25, -0.2) is 4.98 Å². The molecule has 4 N–H and O–H groups in total. The molecule has 0 saturated heterocycles. The van der Waals surface area contributed by atoms with Crippen molar-refractivity contribution in [2.24, 2.45) is 5.73 Å². The van der Waals surface area contributed by atoms with Crippen molar-refractivity contribution in [1.29, 1.82) is 0 Å². The van der Waals surface area contributed by atoms with Crippen LogP contribution in [-0.4, -0.2) is 21.2 Å². The van der Waals surface area contributed by atoms with Crippen LogP contribution in [-0.2, 0) is 0 Å². The van der Waals surface area contributed by atoms with Crippen LogP contribution in [0.15, 0.2) is 24.5 Å². The van der Waals surface area contributed by atoms with Gasteiger partial charge in [-0.15, -0.1) is 0 Å². The van der Waals surface area contributed by atoms with Crippen molar-refractivity contribution in [2.75, 3.05) is 0 Å². The highest BCUT2D eigenvalue weighted by Crippen LogP contribution is 2.17. The summed E-state index contributed by atoms with van der Waals surface area (Å²) in [5, 5.41) is 10.3. The molecule has 4 heteroatoms. The fraction of sp³-hybridized carbons (Fsp3) is 0.300. The van der Waals surface area contributed by atoms with E-state index in [1.54, 1.807) is 13.1 Å². The molecule has 4 nitrogen and oxygen atoms in total. The summed E-state index contributed by atoms with van der Waals surface area (Å²) in [6, 6.07) is 3.50. The highest BCUT2D eigenvalue weighted by atomic mass is 16.3. The first-order valence-electron chi connectivity index (χ1n) is 4.55. The first kappa shape index (κ1) is 9.18. The van der Waals surface area contributed by atoms with Gasteiger partial charge in [-0.1, -0.05) is 0 Å². The Morgan fingerprint density at radius 2 is 2.36 bits per heavy atom. The van der Waals surface area contributed by atoms with Crippen LogP contribution in [0.5, 0.6) is 0 Å². The Kier molecular flexibility index (Phi) is 2.23. The molecular formula is C10H13N3O. The minimum absolute atomic E-state index is 0.373. The van der Waals surface area contributed by atoms with E-state index in [9.17, 15) is 5.11 Å². The minimum atomic E-state index is -0.562. The van der Waals surface area contributed by atoms with Gasteiger partial charge in [0.25, 0.3) is 0 Å². The molecule has 2 rings (SSSR count). The summed E-state index contributed by atoms with van der Waals surface area (Å²) in [7, 11) is 0. The zero-order chi connectivity index (χ0) is 10.1. The molecule has 14 heavy (non-hydrogen) atoms. The average molecular weight is 191 g/mol. The lowest BCUT2D eigenvalue weighted by molar-refractivity contribution is 0.164. The van der Waals surface area contributed by atoms with Gasteiger partial charge >= 0.3 is 0 Å². The van der Waals surface area contributed by atoms with E-state index in [0.717, 1.165) is 16.6 Å². The number of aliphatic hydroxyl groups is 1. The van der Waals surface area contributed by atoms with Crippen molar-refractivity contribution in [1.82, 2.24) is 9.97 Å². The van der Waals surface area contributed by atoms with Gasteiger partial charge in [0.15, 0.2) is 0 Å². The second-order valence-electron chi connectivity index (χ2n) is 3.45. The Hall–Kier alpha value is -1.39. The van der Waals surface area contributed by atoms with Crippen molar-refractivity contribution in [3.8, 4) is 0 Å². The third-order valence-corrected chi connectivity index (χ3v) is 2.33. The molecule has 0 spiro atoms. The summed E-state index contributed by atoms with van der Waals surface area (Å²) < 4.78 is 0. The fourth-order valence-electron chi connectivity index (χ4n) is 1.42. The Bertz CT molecular complexity index is 436. The van der Waals surface area contributed by atoms with E-state index in [1.807, 2.05) is 18.3 Å². The van der Waals surface area contributed by atoms with Crippen LogP contribution in [0, 0.1) is 0 Å². The molecule has 0 saturated carbocycles. The number of hydrogen-bond acceptors (Lipinski definition) is 3. The van der Waals surface area contributed by atoms with Gasteiger partial charge in [0.05, 0.1) is 12.1 Å². The van der Waals surface area contributed by atoms with E-state index >= 15 is 0 Å². The fourth-order valence-corrected chi connectivity index (χ4v) is 1.42. The number of hydrogen-bond donors (Lipinski definition) is 3. The molecule has 0 amide bonds. The van der Waals surface area contributed by atoms with E-state index < -0.39 is 6.10 Å². The number of rotatable bonds is 2. The van der Waals surface area contributed by atoms with Crippen LogP contribution in [0.2, 0.25) is 0 Å². The van der Waals surface area contributed by atoms with Gasteiger partial charge in [-0.2, -0.15) is 0 Å². The molecule has 0 radical (unpaired) electrons. The monoisotopic (exact) mass is 191 g/mol. The topological polar surface area (TPSA) is 74.9 Å². The summed E-state index contributed by atoms with van der Waals surface area (Å²) in [5.74, 6) is 0. The molecule has 0 aliphatic carbocycles. The normalized spacial score (nSPS) is 15.6. The Morgan fingerprint density at radius 1 is 1.57 bits per heavy atom. The zero-order valence-electron chi connectivity index (χ0n) is 7.94. The number of aliphatic hydroxyl groups excluding tert-OH is 1. The third-order valence-electron chi connectivity index (χ3n) is 2.33. The van der Waals surface area contributed by atoms with Crippen molar-refractivity contribution in [2.45, 2.75) is 19.1 Å². The quantitative estimate of drug-likeness (QED) is 0.661. The summed E-state index contributed by atoms with van der Waals surface area (Å²) in [6.45, 7) is 1.67. The highest BCUT2D eigenvalue weighted by molar-refractivity contribution is 5.75. The molecule has 2 aromatic rings. The number of aromatic amines is 1. The van der Waals surface area contributed by atoms with E-state index in [4.69, 9.17) is 5.73 Å². The molecule has 0 fully saturated rings. The lowest BCUT2D eigenvalue weighted by Gasteiger charge is -2.14. The minimum Gasteiger partial charge on any atom is -0.391 e. The summed E-state index contributed by atoms with van der Waals surface area (Å²) in [6.07, 6.45) is 2.96. The highest BCUT2D eigenvalue weighted by Gasteiger charge is 2.12. The lowest BCUT2D eigenvalue weighted by Crippen LogP contribution is -2.23. The number of fused-ring (bicyclic) bond motifs is 1. The van der Waals surface area contributed by atoms with Gasteiger partial charge in [0.1, 0.15) is 5.65 Å². The van der Waals surface area contributed by atoms with Crippen LogP contribution in [0.1, 0.15) is 18.5 Å². The second kappa shape index (κ2) is 3.40. The SMILES string of the molecule is C[C@@H](O)[C@@H](N)c1cnc2[nH]ccc2c1. The summed E-state index contributed by atoms with van der Waals surface area (Å²) in [4.78, 5) is 7.20. The van der Waals surface area contributed by atoms with E-state index in [1.165, 1.54) is 0 Å². The smallest absolute Gasteiger partial charge is 0.137 e. The van der Waals surface area contributed by atoms with Gasteiger partial charge in [-0.3, -0.25) is 0 Å². The van der Waals surface area contributed by atoms with Crippen LogP contribution in [0.4, 0.5) is 0 Å². The Balaban J connectivity index is 2.43. The van der Waals surface area contributed by atoms with Gasteiger partial charge in [0, 0.05) is 17.8 Å². The number of H-pyrrole nitrogens is 1. The van der Waals surface area contributed by atoms with Gasteiger partial charge in [-0.05, 0) is 24.6 Å². The Labute approximate surface area is 81.8 Å². The van der Waals surface area contributed by atoms with E-state index in [2.05, 4.69) is 9.97 Å². The van der Waals surface area contributed by atoms with Crippen LogP contribution in [0.3, 0.4) is 0 Å². The third kappa shape index (κ3) is 1.49. The number of pyridine rings is 1. The molecule has 0 aromatic carbocycles. The van der Waals surface area contributed by atoms with E-state index in [0.29, 0.717) is 0 Å². The molecule has 0 bridgehead atoms. The zero-order valence-corrected chi connectivity index (χ0v) is 7.94. The van der Waals surface area contributed by atoms with Crippen LogP contribution >= 0.6 is 0 Å².